The largest absolute Gasteiger partial charge is 0.477 e. The molecule has 4 N–H and O–H groups in total. The number of ether oxygens (including phenoxy) is 2. The summed E-state index contributed by atoms with van der Waals surface area (Å²) in [6.07, 6.45) is 17.6. The summed E-state index contributed by atoms with van der Waals surface area (Å²) in [6, 6.07) is 19.2. The molecule has 0 spiro atoms. The Labute approximate surface area is 478 Å². The number of halogens is 1. The third-order valence-corrected chi connectivity index (χ3v) is 19.2. The maximum absolute atomic E-state index is 13.5. The number of nitrogens with one attached hydrogen (secondary N) is 4. The van der Waals surface area contributed by atoms with Crippen molar-refractivity contribution >= 4 is 60.9 Å². The van der Waals surface area contributed by atoms with Crippen molar-refractivity contribution in [2.75, 3.05) is 41.8 Å². The molecule has 2 amide bonds. The number of fused-ring (bicyclic) bond motifs is 5. The number of pyridine rings is 4. The number of rotatable bonds is 17. The smallest absolute Gasteiger partial charge is 0.281 e. The first-order chi connectivity index (χ1) is 38.4. The maximum atomic E-state index is 13.5. The minimum atomic E-state index is -4.25. The highest BCUT2D eigenvalue weighted by Crippen LogP contribution is 2.49. The lowest BCUT2D eigenvalue weighted by Gasteiger charge is -2.38. The van der Waals surface area contributed by atoms with Crippen LogP contribution in [0.2, 0.25) is 5.15 Å². The van der Waals surface area contributed by atoms with Crippen molar-refractivity contribution < 1.29 is 35.9 Å². The second-order valence-corrected chi connectivity index (χ2v) is 27.9. The predicted octanol–water partition coefficient (Wildman–Crippen LogP) is 9.54. The highest BCUT2D eigenvalue weighted by molar-refractivity contribution is 7.90. The molecular weight excluding hydrogens is 1090 g/mol. The van der Waals surface area contributed by atoms with Crippen molar-refractivity contribution in [1.82, 2.24) is 48.9 Å². The fraction of sp³-hybridized carbons (Fsp3) is 0.509. The number of carbonyl (C=O) groups excluding carboxylic acids is 2. The van der Waals surface area contributed by atoms with E-state index >= 15 is 0 Å². The highest BCUT2D eigenvalue weighted by Gasteiger charge is 2.43. The molecule has 432 valence electrons. The molecule has 2 atom stereocenters. The minimum absolute atomic E-state index is 0.0812. The predicted molar refractivity (Wildman–Crippen MR) is 307 cm³/mol. The summed E-state index contributed by atoms with van der Waals surface area (Å²) in [7, 11) is -8.46. The number of amides is 2. The molecule has 2 bridgehead atoms. The van der Waals surface area contributed by atoms with Gasteiger partial charge in [-0.1, -0.05) is 51.4 Å². The number of nitrogens with zero attached hydrogens (tertiary/aromatic N) is 9. The Kier molecular flexibility index (Phi) is 16.2. The summed E-state index contributed by atoms with van der Waals surface area (Å²) in [4.78, 5) is 46.1. The lowest BCUT2D eigenvalue weighted by Crippen LogP contribution is -2.45. The number of hydrogen-bond donors (Lipinski definition) is 4. The number of anilines is 3. The summed E-state index contributed by atoms with van der Waals surface area (Å²) in [6.45, 7) is 15.8. The summed E-state index contributed by atoms with van der Waals surface area (Å²) in [5.74, 6) is 2.14. The Morgan fingerprint density at radius 2 is 1.42 bits per heavy atom. The molecule has 4 fully saturated rings. The van der Waals surface area contributed by atoms with Crippen LogP contribution < -0.4 is 34.5 Å². The Morgan fingerprint density at radius 1 is 0.765 bits per heavy atom. The molecule has 2 unspecified atom stereocenters. The van der Waals surface area contributed by atoms with Crippen molar-refractivity contribution in [3.05, 3.63) is 101 Å². The summed E-state index contributed by atoms with van der Waals surface area (Å²) in [5.41, 5.74) is 0.960. The molecule has 0 aromatic carbocycles. The van der Waals surface area contributed by atoms with Gasteiger partial charge in [-0.3, -0.25) is 9.59 Å². The zero-order valence-corrected chi connectivity index (χ0v) is 49.1. The van der Waals surface area contributed by atoms with Gasteiger partial charge in [-0.2, -0.15) is 16.8 Å². The standard InChI is InChI=1S/C29H37ClN6O4S.C28H35N7O4S/c1-28(2)12-9-20(19-28)10-16-31-22-5-4-6-25(32-22)41(38,39)35-27(37)21-7-8-23(33-26(21)30)36-17-11-24(34-36)40-18-15-29(3)13-14-29;1-27(2)12-9-19-10-16-29-21-5-4-6-24(30-21)40(37,38)33-26(36)20-7-8-22(31-25(20)35(19)27)34-17-11-23(32-34)39-18-15-28(3)13-14-28/h4-8,11,17,20H,9-10,12-16,18-19H2,1-3H3,(H,31,32)(H,35,37);4-8,11,17,19H,9-10,12-16,18H2,1-3H3,(H,29,30)(H,33,36). The van der Waals surface area contributed by atoms with Gasteiger partial charge >= 0.3 is 0 Å². The van der Waals surface area contributed by atoms with E-state index in [4.69, 9.17) is 26.1 Å². The van der Waals surface area contributed by atoms with E-state index in [2.05, 4.69) is 86.9 Å². The van der Waals surface area contributed by atoms with Gasteiger partial charge in [0.15, 0.2) is 21.7 Å². The number of hydrogen-bond acceptors (Lipinski definition) is 17. The van der Waals surface area contributed by atoms with Gasteiger partial charge in [-0.25, -0.2) is 38.7 Å². The Hall–Kier alpha value is -6.85. The van der Waals surface area contributed by atoms with Crippen molar-refractivity contribution in [2.45, 2.75) is 147 Å². The van der Waals surface area contributed by atoms with Gasteiger partial charge < -0.3 is 25.0 Å². The quantitative estimate of drug-likeness (QED) is 0.0620. The van der Waals surface area contributed by atoms with Crippen LogP contribution in [-0.4, -0.2) is 106 Å². The van der Waals surface area contributed by atoms with Gasteiger partial charge in [0.05, 0.1) is 24.3 Å². The van der Waals surface area contributed by atoms with Gasteiger partial charge in [0.2, 0.25) is 11.8 Å². The van der Waals surface area contributed by atoms with Crippen LogP contribution in [0.1, 0.15) is 146 Å². The molecule has 21 nitrogen and oxygen atoms in total. The molecule has 3 saturated carbocycles. The SMILES string of the molecule is CC1(C)CCC(CCNc2cccc(S(=O)(=O)NC(=O)c3ccc(-n4ccc(OCCC5(C)CC5)n4)nc3Cl)n2)C1.CC1(CCOc2ccn(-c3ccc4c(n3)N3C(CCNc5cccc(n5)S(=O)(=O)NC4=O)CCC3(C)C)n2)CC1. The molecule has 6 aromatic rings. The topological polar surface area (TPSA) is 259 Å². The molecule has 11 rings (SSSR count). The second-order valence-electron chi connectivity index (χ2n) is 24.2. The van der Waals surface area contributed by atoms with Crippen LogP contribution in [0, 0.1) is 22.2 Å². The molecule has 0 radical (unpaired) electrons. The van der Waals surface area contributed by atoms with Crippen molar-refractivity contribution in [2.24, 2.45) is 22.2 Å². The molecule has 5 aliphatic rings. The van der Waals surface area contributed by atoms with E-state index in [-0.39, 0.29) is 37.9 Å². The monoisotopic (exact) mass is 1170 g/mol. The third kappa shape index (κ3) is 14.1. The molecule has 24 heteroatoms. The molecule has 81 heavy (non-hydrogen) atoms. The van der Waals surface area contributed by atoms with Crippen molar-refractivity contribution in [1.29, 1.82) is 0 Å². The van der Waals surface area contributed by atoms with Gasteiger partial charge in [-0.05, 0) is 168 Å². The van der Waals surface area contributed by atoms with Crippen LogP contribution in [0.15, 0.2) is 95.2 Å². The van der Waals surface area contributed by atoms with E-state index < -0.39 is 31.9 Å². The number of carbonyl (C=O) groups is 2. The average Bonchev–Trinajstić information content (AvgIpc) is 4.04. The lowest BCUT2D eigenvalue weighted by molar-refractivity contribution is 0.0972. The van der Waals surface area contributed by atoms with Crippen molar-refractivity contribution in [3.63, 3.8) is 0 Å². The zero-order valence-electron chi connectivity index (χ0n) is 46.7. The van der Waals surface area contributed by atoms with Gasteiger partial charge in [0.25, 0.3) is 31.9 Å². The van der Waals surface area contributed by atoms with E-state index in [1.807, 2.05) is 4.72 Å². The molecule has 6 aromatic heterocycles. The van der Waals surface area contributed by atoms with Gasteiger partial charge in [-0.15, -0.1) is 10.2 Å². The van der Waals surface area contributed by atoms with Crippen LogP contribution in [0.4, 0.5) is 17.5 Å². The summed E-state index contributed by atoms with van der Waals surface area (Å²) < 4.78 is 71.1. The fourth-order valence-corrected chi connectivity index (χ4v) is 12.9. The highest BCUT2D eigenvalue weighted by atomic mass is 35.5. The third-order valence-electron chi connectivity index (χ3n) is 16.4. The van der Waals surface area contributed by atoms with Crippen LogP contribution in [-0.2, 0) is 20.0 Å². The minimum Gasteiger partial charge on any atom is -0.477 e. The van der Waals surface area contributed by atoms with Crippen LogP contribution in [0.25, 0.3) is 11.6 Å². The average molecular weight is 1170 g/mol. The van der Waals surface area contributed by atoms with Crippen molar-refractivity contribution in [3.8, 4) is 23.4 Å². The summed E-state index contributed by atoms with van der Waals surface area (Å²) in [5, 5.41) is 14.7. The van der Waals surface area contributed by atoms with Crippen LogP contribution >= 0.6 is 11.6 Å². The molecule has 8 heterocycles. The summed E-state index contributed by atoms with van der Waals surface area (Å²) >= 11 is 6.29. The fourth-order valence-electron chi connectivity index (χ4n) is 10.8. The van der Waals surface area contributed by atoms with E-state index in [1.54, 1.807) is 65.6 Å². The normalized spacial score (nSPS) is 20.7. The maximum Gasteiger partial charge on any atom is 0.281 e. The molecule has 3 aliphatic carbocycles. The van der Waals surface area contributed by atoms with E-state index in [1.165, 1.54) is 73.9 Å². The first kappa shape index (κ1) is 57.4. The van der Waals surface area contributed by atoms with E-state index in [9.17, 15) is 26.4 Å². The van der Waals surface area contributed by atoms with Crippen LogP contribution in [0.5, 0.6) is 11.8 Å². The Bertz CT molecular complexity index is 3530. The Balaban J connectivity index is 0.000000182. The van der Waals surface area contributed by atoms with E-state index in [0.717, 1.165) is 38.5 Å². The second kappa shape index (κ2) is 22.8. The molecule has 1 saturated heterocycles. The first-order valence-corrected chi connectivity index (χ1v) is 31.2. The van der Waals surface area contributed by atoms with Gasteiger partial charge in [0.1, 0.15) is 22.6 Å². The van der Waals surface area contributed by atoms with E-state index in [0.29, 0.717) is 89.3 Å². The first-order valence-electron chi connectivity index (χ1n) is 27.9. The van der Waals surface area contributed by atoms with Crippen LogP contribution in [0.3, 0.4) is 0 Å². The van der Waals surface area contributed by atoms with Gasteiger partial charge in [0, 0.05) is 49.2 Å². The Morgan fingerprint density at radius 3 is 2.06 bits per heavy atom. The zero-order chi connectivity index (χ0) is 57.4. The number of sulfonamides is 2. The lowest BCUT2D eigenvalue weighted by atomic mass is 9.90. The molecule has 2 aliphatic heterocycles. The number of aromatic nitrogens is 8. The molecular formula is C57H72ClN13O8S2.